The highest BCUT2D eigenvalue weighted by Crippen LogP contribution is 2.21. The normalized spacial score (nSPS) is 12.0. The molecule has 0 saturated carbocycles. The summed E-state index contributed by atoms with van der Waals surface area (Å²) in [6.45, 7) is 4.58. The van der Waals surface area contributed by atoms with Gasteiger partial charge in [-0.25, -0.2) is 4.39 Å². The third-order valence-corrected chi connectivity index (χ3v) is 2.53. The van der Waals surface area contributed by atoms with Crippen LogP contribution in [0.15, 0.2) is 18.2 Å². The minimum atomic E-state index is -0.313. The van der Waals surface area contributed by atoms with E-state index in [2.05, 4.69) is 5.32 Å². The molecule has 1 aromatic carbocycles. The van der Waals surface area contributed by atoms with Gasteiger partial charge in [-0.2, -0.15) is 0 Å². The molecular weight excluding hydrogens is 247 g/mol. The van der Waals surface area contributed by atoms with Crippen molar-refractivity contribution in [2.24, 2.45) is 5.73 Å². The second-order valence-electron chi connectivity index (χ2n) is 4.49. The average molecular weight is 268 g/mol. The van der Waals surface area contributed by atoms with Crippen LogP contribution in [0.5, 0.6) is 5.75 Å². The van der Waals surface area contributed by atoms with Crippen LogP contribution in [0.3, 0.4) is 0 Å². The number of nitrogens with one attached hydrogen (secondary N) is 1. The SMILES string of the molecule is CCNC(=O)CCOc1ccc(F)cc1CC(C)N. The lowest BCUT2D eigenvalue weighted by atomic mass is 10.1. The lowest BCUT2D eigenvalue weighted by Crippen LogP contribution is -2.24. The number of rotatable bonds is 7. The summed E-state index contributed by atoms with van der Waals surface area (Å²) < 4.78 is 18.7. The summed E-state index contributed by atoms with van der Waals surface area (Å²) in [6, 6.07) is 4.26. The summed E-state index contributed by atoms with van der Waals surface area (Å²) in [6.07, 6.45) is 0.817. The van der Waals surface area contributed by atoms with E-state index in [1.165, 1.54) is 12.1 Å². The number of carbonyl (C=O) groups is 1. The molecule has 1 atom stereocenters. The zero-order valence-electron chi connectivity index (χ0n) is 11.4. The molecule has 0 aromatic heterocycles. The zero-order valence-corrected chi connectivity index (χ0v) is 11.4. The molecule has 19 heavy (non-hydrogen) atoms. The minimum Gasteiger partial charge on any atom is -0.493 e. The van der Waals surface area contributed by atoms with Crippen molar-refractivity contribution in [2.75, 3.05) is 13.2 Å². The number of amides is 1. The second-order valence-corrected chi connectivity index (χ2v) is 4.49. The molecule has 0 aliphatic heterocycles. The predicted molar refractivity (Wildman–Crippen MR) is 72.5 cm³/mol. The highest BCUT2D eigenvalue weighted by molar-refractivity contribution is 5.75. The molecule has 0 aliphatic carbocycles. The van der Waals surface area contributed by atoms with Gasteiger partial charge in [-0.15, -0.1) is 0 Å². The number of ether oxygens (including phenoxy) is 1. The lowest BCUT2D eigenvalue weighted by molar-refractivity contribution is -0.121. The Kier molecular flexibility index (Phi) is 6.29. The van der Waals surface area contributed by atoms with Gasteiger partial charge in [-0.3, -0.25) is 4.79 Å². The molecule has 1 aromatic rings. The summed E-state index contributed by atoms with van der Waals surface area (Å²) in [7, 11) is 0. The maximum atomic E-state index is 13.2. The summed E-state index contributed by atoms with van der Waals surface area (Å²) in [4.78, 5) is 11.3. The van der Waals surface area contributed by atoms with Crippen LogP contribution < -0.4 is 15.8 Å². The highest BCUT2D eigenvalue weighted by atomic mass is 19.1. The molecule has 0 bridgehead atoms. The van der Waals surface area contributed by atoms with Crippen LogP contribution in [0.1, 0.15) is 25.8 Å². The molecule has 0 aliphatic rings. The standard InChI is InChI=1S/C14H21FN2O2/c1-3-17-14(18)6-7-19-13-5-4-12(15)9-11(13)8-10(2)16/h4-5,9-10H,3,6-8,16H2,1-2H3,(H,17,18). The third-order valence-electron chi connectivity index (χ3n) is 2.53. The van der Waals surface area contributed by atoms with Crippen molar-refractivity contribution in [2.45, 2.75) is 32.7 Å². The van der Waals surface area contributed by atoms with E-state index in [-0.39, 0.29) is 30.8 Å². The molecule has 0 radical (unpaired) electrons. The number of hydrogen-bond donors (Lipinski definition) is 2. The van der Waals surface area contributed by atoms with Gasteiger partial charge in [0.15, 0.2) is 0 Å². The summed E-state index contributed by atoms with van der Waals surface area (Å²) in [5, 5.41) is 2.69. The Bertz CT molecular complexity index is 422. The van der Waals surface area contributed by atoms with Gasteiger partial charge in [0.1, 0.15) is 11.6 Å². The maximum absolute atomic E-state index is 13.2. The molecule has 106 valence electrons. The largest absolute Gasteiger partial charge is 0.493 e. The van der Waals surface area contributed by atoms with Crippen molar-refractivity contribution in [3.63, 3.8) is 0 Å². The Hall–Kier alpha value is -1.62. The van der Waals surface area contributed by atoms with Crippen LogP contribution in [0.2, 0.25) is 0 Å². The van der Waals surface area contributed by atoms with E-state index >= 15 is 0 Å². The molecule has 0 spiro atoms. The molecule has 0 heterocycles. The van der Waals surface area contributed by atoms with Gasteiger partial charge in [0.05, 0.1) is 13.0 Å². The topological polar surface area (TPSA) is 64.3 Å². The van der Waals surface area contributed by atoms with Crippen molar-refractivity contribution in [1.82, 2.24) is 5.32 Å². The van der Waals surface area contributed by atoms with E-state index in [0.29, 0.717) is 18.7 Å². The van der Waals surface area contributed by atoms with Crippen LogP contribution in [0.4, 0.5) is 4.39 Å². The molecule has 1 unspecified atom stereocenters. The predicted octanol–water partition coefficient (Wildman–Crippen LogP) is 1.62. The molecule has 1 rings (SSSR count). The van der Waals surface area contributed by atoms with Gasteiger partial charge < -0.3 is 15.8 Å². The first-order valence-electron chi connectivity index (χ1n) is 6.46. The molecular formula is C14H21FN2O2. The fraction of sp³-hybridized carbons (Fsp3) is 0.500. The van der Waals surface area contributed by atoms with Crippen molar-refractivity contribution in [3.8, 4) is 5.75 Å². The minimum absolute atomic E-state index is 0.0571. The monoisotopic (exact) mass is 268 g/mol. The number of carbonyl (C=O) groups excluding carboxylic acids is 1. The molecule has 4 nitrogen and oxygen atoms in total. The third kappa shape index (κ3) is 5.70. The van der Waals surface area contributed by atoms with E-state index in [1.807, 2.05) is 13.8 Å². The summed E-state index contributed by atoms with van der Waals surface area (Å²) in [5.41, 5.74) is 6.45. The van der Waals surface area contributed by atoms with E-state index in [0.717, 1.165) is 5.56 Å². The lowest BCUT2D eigenvalue weighted by Gasteiger charge is -2.13. The number of hydrogen-bond acceptors (Lipinski definition) is 3. The smallest absolute Gasteiger partial charge is 0.223 e. The van der Waals surface area contributed by atoms with Gasteiger partial charge >= 0.3 is 0 Å². The Morgan fingerprint density at radius 3 is 2.89 bits per heavy atom. The molecule has 0 saturated heterocycles. The Balaban J connectivity index is 2.59. The van der Waals surface area contributed by atoms with Crippen LogP contribution in [-0.2, 0) is 11.2 Å². The summed E-state index contributed by atoms with van der Waals surface area (Å²) >= 11 is 0. The first-order chi connectivity index (χ1) is 9.02. The van der Waals surface area contributed by atoms with Crippen LogP contribution >= 0.6 is 0 Å². The molecule has 5 heteroatoms. The van der Waals surface area contributed by atoms with Crippen molar-refractivity contribution < 1.29 is 13.9 Å². The fourth-order valence-electron chi connectivity index (χ4n) is 1.73. The van der Waals surface area contributed by atoms with Gasteiger partial charge in [0.2, 0.25) is 5.91 Å². The number of halogens is 1. The maximum Gasteiger partial charge on any atom is 0.223 e. The Morgan fingerprint density at radius 1 is 1.53 bits per heavy atom. The quantitative estimate of drug-likeness (QED) is 0.790. The first kappa shape index (κ1) is 15.4. The zero-order chi connectivity index (χ0) is 14.3. The molecule has 0 fully saturated rings. The number of nitrogens with two attached hydrogens (primary N) is 1. The highest BCUT2D eigenvalue weighted by Gasteiger charge is 2.08. The second kappa shape index (κ2) is 7.74. The van der Waals surface area contributed by atoms with E-state index in [1.54, 1.807) is 6.07 Å². The number of benzene rings is 1. The Morgan fingerprint density at radius 2 is 2.26 bits per heavy atom. The Labute approximate surface area is 113 Å². The van der Waals surface area contributed by atoms with Crippen LogP contribution in [0, 0.1) is 5.82 Å². The van der Waals surface area contributed by atoms with Crippen molar-refractivity contribution in [3.05, 3.63) is 29.6 Å². The molecule has 3 N–H and O–H groups in total. The van der Waals surface area contributed by atoms with E-state index in [9.17, 15) is 9.18 Å². The van der Waals surface area contributed by atoms with Gasteiger partial charge in [-0.05, 0) is 44.0 Å². The average Bonchev–Trinajstić information content (AvgIpc) is 2.31. The van der Waals surface area contributed by atoms with Gasteiger partial charge in [-0.1, -0.05) is 0 Å². The first-order valence-corrected chi connectivity index (χ1v) is 6.46. The van der Waals surface area contributed by atoms with Gasteiger partial charge in [0.25, 0.3) is 0 Å². The fourth-order valence-corrected chi connectivity index (χ4v) is 1.73. The van der Waals surface area contributed by atoms with Crippen LogP contribution in [-0.4, -0.2) is 25.1 Å². The van der Waals surface area contributed by atoms with E-state index < -0.39 is 0 Å². The van der Waals surface area contributed by atoms with Crippen molar-refractivity contribution >= 4 is 5.91 Å². The van der Waals surface area contributed by atoms with Crippen LogP contribution in [0.25, 0.3) is 0 Å². The van der Waals surface area contributed by atoms with E-state index in [4.69, 9.17) is 10.5 Å². The molecule has 1 amide bonds. The van der Waals surface area contributed by atoms with Gasteiger partial charge in [0, 0.05) is 12.6 Å². The van der Waals surface area contributed by atoms with Crippen molar-refractivity contribution in [1.29, 1.82) is 0 Å². The summed E-state index contributed by atoms with van der Waals surface area (Å²) in [5.74, 6) is 0.216.